The summed E-state index contributed by atoms with van der Waals surface area (Å²) in [4.78, 5) is 25.3. The van der Waals surface area contributed by atoms with Crippen LogP contribution in [0.2, 0.25) is 0 Å². The number of urea groups is 1. The van der Waals surface area contributed by atoms with Crippen molar-refractivity contribution in [3.05, 3.63) is 0 Å². The van der Waals surface area contributed by atoms with Gasteiger partial charge in [-0.25, -0.2) is 4.79 Å². The molecule has 0 aromatic rings. The number of amides is 3. The Bertz CT molecular complexity index is 156. The van der Waals surface area contributed by atoms with Crippen LogP contribution in [0.25, 0.3) is 0 Å². The van der Waals surface area contributed by atoms with Crippen LogP contribution in [-0.2, 0) is 9.63 Å². The quantitative estimate of drug-likeness (QED) is 0.468. The second kappa shape index (κ2) is 2.02. The van der Waals surface area contributed by atoms with Crippen LogP contribution in [0, 0.1) is 0 Å². The first-order chi connectivity index (χ1) is 4.24. The highest BCUT2D eigenvalue weighted by Gasteiger charge is 2.26. The highest BCUT2D eigenvalue weighted by atomic mass is 16.7. The van der Waals surface area contributed by atoms with Gasteiger partial charge in [-0.1, -0.05) is 0 Å². The summed E-state index contributed by atoms with van der Waals surface area (Å²) in [7, 11) is 1.33. The van der Waals surface area contributed by atoms with E-state index in [-0.39, 0.29) is 12.5 Å². The fourth-order valence-corrected chi connectivity index (χ4v) is 0.571. The molecule has 1 saturated heterocycles. The van der Waals surface area contributed by atoms with E-state index in [4.69, 9.17) is 0 Å². The highest BCUT2D eigenvalue weighted by Crippen LogP contribution is 1.95. The Hall–Kier alpha value is -1.10. The van der Waals surface area contributed by atoms with Crippen LogP contribution in [0.3, 0.4) is 0 Å². The number of hydrogen-bond donors (Lipinski definition) is 1. The molecular formula is C4H6N2O3. The first-order valence-corrected chi connectivity index (χ1v) is 2.39. The topological polar surface area (TPSA) is 58.6 Å². The van der Waals surface area contributed by atoms with Gasteiger partial charge in [0, 0.05) is 0 Å². The summed E-state index contributed by atoms with van der Waals surface area (Å²) >= 11 is 0. The molecule has 0 atom stereocenters. The van der Waals surface area contributed by atoms with E-state index in [0.29, 0.717) is 0 Å². The van der Waals surface area contributed by atoms with Gasteiger partial charge in [-0.15, -0.1) is 0 Å². The molecule has 1 fully saturated rings. The average molecular weight is 130 g/mol. The van der Waals surface area contributed by atoms with Gasteiger partial charge in [0.1, 0.15) is 6.54 Å². The van der Waals surface area contributed by atoms with E-state index < -0.39 is 6.03 Å². The number of hydrogen-bond acceptors (Lipinski definition) is 3. The molecule has 0 bridgehead atoms. The van der Waals surface area contributed by atoms with Crippen molar-refractivity contribution in [1.29, 1.82) is 0 Å². The molecular weight excluding hydrogens is 124 g/mol. The van der Waals surface area contributed by atoms with Crippen molar-refractivity contribution < 1.29 is 14.4 Å². The predicted octanol–water partition coefficient (Wildman–Crippen LogP) is -0.900. The van der Waals surface area contributed by atoms with E-state index in [1.165, 1.54) is 7.11 Å². The van der Waals surface area contributed by atoms with Gasteiger partial charge in [0.2, 0.25) is 5.91 Å². The van der Waals surface area contributed by atoms with Gasteiger partial charge in [0.15, 0.2) is 0 Å². The molecule has 3 amide bonds. The molecule has 5 nitrogen and oxygen atoms in total. The highest BCUT2D eigenvalue weighted by molar-refractivity contribution is 6.01. The van der Waals surface area contributed by atoms with Gasteiger partial charge in [0.05, 0.1) is 7.11 Å². The van der Waals surface area contributed by atoms with E-state index in [1.807, 2.05) is 5.32 Å². The molecule has 1 heterocycles. The Morgan fingerprint density at radius 1 is 1.67 bits per heavy atom. The number of rotatable bonds is 1. The van der Waals surface area contributed by atoms with Crippen molar-refractivity contribution in [2.75, 3.05) is 13.7 Å². The lowest BCUT2D eigenvalue weighted by atomic mass is 10.7. The van der Waals surface area contributed by atoms with E-state index >= 15 is 0 Å². The molecule has 5 heteroatoms. The van der Waals surface area contributed by atoms with Gasteiger partial charge in [0.25, 0.3) is 0 Å². The summed E-state index contributed by atoms with van der Waals surface area (Å²) in [5.41, 5.74) is 0. The Morgan fingerprint density at radius 3 is 2.56 bits per heavy atom. The van der Waals surface area contributed by atoms with Gasteiger partial charge < -0.3 is 0 Å². The fourth-order valence-electron chi connectivity index (χ4n) is 0.571. The lowest BCUT2D eigenvalue weighted by Crippen LogP contribution is -2.26. The van der Waals surface area contributed by atoms with E-state index in [2.05, 4.69) is 4.84 Å². The number of nitrogens with one attached hydrogen (secondary N) is 1. The minimum Gasteiger partial charge on any atom is -0.274 e. The maximum atomic E-state index is 10.5. The molecule has 0 saturated carbocycles. The second-order valence-corrected chi connectivity index (χ2v) is 1.57. The molecule has 0 aromatic carbocycles. The van der Waals surface area contributed by atoms with Crippen molar-refractivity contribution in [1.82, 2.24) is 10.4 Å². The zero-order valence-corrected chi connectivity index (χ0v) is 4.88. The summed E-state index contributed by atoms with van der Waals surface area (Å²) in [5, 5.41) is 2.99. The number of hydroxylamine groups is 2. The van der Waals surface area contributed by atoms with Crippen molar-refractivity contribution in [3.8, 4) is 0 Å². The van der Waals surface area contributed by atoms with E-state index in [1.54, 1.807) is 0 Å². The summed E-state index contributed by atoms with van der Waals surface area (Å²) in [6.07, 6.45) is 0. The van der Waals surface area contributed by atoms with Gasteiger partial charge in [-0.2, -0.15) is 5.06 Å². The first-order valence-electron chi connectivity index (χ1n) is 2.39. The van der Waals surface area contributed by atoms with Gasteiger partial charge in [-0.05, 0) is 0 Å². The van der Waals surface area contributed by atoms with E-state index in [9.17, 15) is 9.59 Å². The van der Waals surface area contributed by atoms with Crippen LogP contribution in [0.5, 0.6) is 0 Å². The van der Waals surface area contributed by atoms with Crippen molar-refractivity contribution in [2.24, 2.45) is 0 Å². The number of carbonyl (C=O) groups is 2. The first kappa shape index (κ1) is 6.03. The van der Waals surface area contributed by atoms with Crippen LogP contribution in [-0.4, -0.2) is 30.7 Å². The third-order valence-electron chi connectivity index (χ3n) is 0.980. The number of imide groups is 1. The molecule has 9 heavy (non-hydrogen) atoms. The summed E-state index contributed by atoms with van der Waals surface area (Å²) in [6.45, 7) is -0.00463. The molecule has 0 radical (unpaired) electrons. The maximum Gasteiger partial charge on any atom is 0.348 e. The largest absolute Gasteiger partial charge is 0.348 e. The minimum absolute atomic E-state index is 0.00463. The molecule has 0 aliphatic carbocycles. The Balaban J connectivity index is 2.58. The third-order valence-corrected chi connectivity index (χ3v) is 0.980. The predicted molar refractivity (Wildman–Crippen MR) is 27.3 cm³/mol. The molecule has 0 aromatic heterocycles. The lowest BCUT2D eigenvalue weighted by Gasteiger charge is -2.06. The smallest absolute Gasteiger partial charge is 0.274 e. The Kier molecular flexibility index (Phi) is 1.35. The molecule has 0 unspecified atom stereocenters. The normalized spacial score (nSPS) is 18.6. The zero-order valence-electron chi connectivity index (χ0n) is 4.88. The Morgan fingerprint density at radius 2 is 2.33 bits per heavy atom. The maximum absolute atomic E-state index is 10.5. The van der Waals surface area contributed by atoms with Crippen LogP contribution in [0.15, 0.2) is 0 Å². The van der Waals surface area contributed by atoms with Crippen molar-refractivity contribution in [3.63, 3.8) is 0 Å². The molecule has 0 spiro atoms. The number of nitrogens with zero attached hydrogens (tertiary/aromatic N) is 1. The summed E-state index contributed by atoms with van der Waals surface area (Å²) in [5.74, 6) is -0.332. The van der Waals surface area contributed by atoms with Crippen molar-refractivity contribution in [2.45, 2.75) is 0 Å². The molecule has 1 rings (SSSR count). The molecule has 1 aliphatic rings. The SMILES string of the molecule is CON1CC(=O)NC1=O. The molecule has 1 aliphatic heterocycles. The van der Waals surface area contributed by atoms with Gasteiger partial charge >= 0.3 is 6.03 Å². The summed E-state index contributed by atoms with van der Waals surface area (Å²) in [6, 6.07) is -0.498. The van der Waals surface area contributed by atoms with E-state index in [0.717, 1.165) is 5.06 Å². The Labute approximate surface area is 51.5 Å². The molecule has 50 valence electrons. The molecule has 1 N–H and O–H groups in total. The van der Waals surface area contributed by atoms with Crippen molar-refractivity contribution >= 4 is 11.9 Å². The zero-order chi connectivity index (χ0) is 6.85. The van der Waals surface area contributed by atoms with Crippen LogP contribution >= 0.6 is 0 Å². The van der Waals surface area contributed by atoms with Crippen LogP contribution in [0.1, 0.15) is 0 Å². The monoisotopic (exact) mass is 130 g/mol. The minimum atomic E-state index is -0.498. The van der Waals surface area contributed by atoms with Gasteiger partial charge in [-0.3, -0.25) is 14.9 Å². The standard InChI is InChI=1S/C4H6N2O3/c1-9-6-2-3(7)5-4(6)8/h2H2,1H3,(H,5,7,8). The van der Waals surface area contributed by atoms with Crippen LogP contribution in [0.4, 0.5) is 4.79 Å². The average Bonchev–Trinajstić information content (AvgIpc) is 2.10. The van der Waals surface area contributed by atoms with Crippen LogP contribution < -0.4 is 5.32 Å². The lowest BCUT2D eigenvalue weighted by molar-refractivity contribution is -0.124. The second-order valence-electron chi connectivity index (χ2n) is 1.57. The summed E-state index contributed by atoms with van der Waals surface area (Å²) < 4.78 is 0. The fraction of sp³-hybridized carbons (Fsp3) is 0.500. The third kappa shape index (κ3) is 0.996. The number of carbonyl (C=O) groups excluding carboxylic acids is 2.